The van der Waals surface area contributed by atoms with Crippen LogP contribution in [0, 0.1) is 0 Å². The number of carbonyl (C=O) groups is 1. The third-order valence-electron chi connectivity index (χ3n) is 3.12. The number of carbonyl (C=O) groups excluding carboxylic acids is 1. The molecule has 138 valence electrons. The van der Waals surface area contributed by atoms with Crippen LogP contribution in [0.25, 0.3) is 0 Å². The van der Waals surface area contributed by atoms with Crippen molar-refractivity contribution in [3.63, 3.8) is 0 Å². The first-order chi connectivity index (χ1) is 13.1. The molecule has 0 aliphatic rings. The number of benzene rings is 2. The fourth-order valence-electron chi connectivity index (χ4n) is 1.83. The van der Waals surface area contributed by atoms with Crippen molar-refractivity contribution in [1.29, 1.82) is 0 Å². The molecule has 3 aromatic rings. The Morgan fingerprint density at radius 3 is 1.70 bits per heavy atom. The Morgan fingerprint density at radius 1 is 0.963 bits per heavy atom. The fraction of sp³-hybridized carbons (Fsp3) is 0.0455. The van der Waals surface area contributed by atoms with E-state index in [0.29, 0.717) is 10.7 Å². The van der Waals surface area contributed by atoms with Crippen LogP contribution in [0.2, 0.25) is 0 Å². The molecule has 5 heteroatoms. The van der Waals surface area contributed by atoms with Crippen LogP contribution < -0.4 is 5.73 Å². The molecule has 0 saturated carbocycles. The summed E-state index contributed by atoms with van der Waals surface area (Å²) in [6.45, 7) is 3.94. The number of nitrogens with zero attached hydrogens (tertiary/aromatic N) is 1. The minimum Gasteiger partial charge on any atom is -0.327 e. The number of ketones is 1. The van der Waals surface area contributed by atoms with Gasteiger partial charge in [-0.05, 0) is 12.1 Å². The highest BCUT2D eigenvalue weighted by atomic mass is 32.1. The van der Waals surface area contributed by atoms with E-state index < -0.39 is 0 Å². The number of hydrogen-bond donors (Lipinski definition) is 2. The van der Waals surface area contributed by atoms with E-state index in [0.717, 1.165) is 16.8 Å². The van der Waals surface area contributed by atoms with E-state index in [1.165, 1.54) is 0 Å². The van der Waals surface area contributed by atoms with Gasteiger partial charge in [0.1, 0.15) is 0 Å². The molecular weight excluding hydrogens is 372 g/mol. The van der Waals surface area contributed by atoms with Gasteiger partial charge in [0.05, 0.1) is 9.89 Å². The molecule has 27 heavy (non-hydrogen) atoms. The number of pyridine rings is 1. The summed E-state index contributed by atoms with van der Waals surface area (Å²) in [7, 11) is 0. The largest absolute Gasteiger partial charge is 0.327 e. The second kappa shape index (κ2) is 13.6. The smallest absolute Gasteiger partial charge is 0.193 e. The molecule has 2 N–H and O–H groups in total. The zero-order valence-corrected chi connectivity index (χ0v) is 16.6. The minimum absolute atomic E-state index is 0.0752. The Kier molecular flexibility index (Phi) is 11.3. The lowest BCUT2D eigenvalue weighted by atomic mass is 10.0. The zero-order chi connectivity index (χ0) is 19.9. The first kappa shape index (κ1) is 22.4. The van der Waals surface area contributed by atoms with Crippen molar-refractivity contribution in [3.8, 4) is 0 Å². The van der Waals surface area contributed by atoms with Crippen molar-refractivity contribution >= 4 is 34.8 Å². The average molecular weight is 395 g/mol. The van der Waals surface area contributed by atoms with Gasteiger partial charge in [-0.1, -0.05) is 85.0 Å². The molecule has 1 aromatic heterocycles. The number of aromatic nitrogens is 1. The highest BCUT2D eigenvalue weighted by Gasteiger charge is 2.06. The number of nitrogens with two attached hydrogens (primary N) is 1. The fourth-order valence-corrected chi connectivity index (χ4v) is 2.09. The van der Waals surface area contributed by atoms with Crippen LogP contribution in [0.3, 0.4) is 0 Å². The molecule has 0 amide bonds. The van der Waals surface area contributed by atoms with E-state index >= 15 is 0 Å². The molecule has 0 radical (unpaired) electrons. The first-order valence-electron chi connectivity index (χ1n) is 8.20. The van der Waals surface area contributed by atoms with Crippen LogP contribution in [0.4, 0.5) is 0 Å². The summed E-state index contributed by atoms with van der Waals surface area (Å²) in [5.74, 6) is 0.0752. The molecule has 2 aromatic carbocycles. The first-order valence-corrected chi connectivity index (χ1v) is 9.05. The van der Waals surface area contributed by atoms with Crippen molar-refractivity contribution in [3.05, 3.63) is 115 Å². The lowest BCUT2D eigenvalue weighted by Crippen LogP contribution is -1.99. The van der Waals surface area contributed by atoms with Gasteiger partial charge in [-0.2, -0.15) is 0 Å². The molecule has 0 unspecified atom stereocenters. The third-order valence-corrected chi connectivity index (χ3v) is 3.56. The van der Waals surface area contributed by atoms with Crippen LogP contribution in [-0.2, 0) is 0 Å². The summed E-state index contributed by atoms with van der Waals surface area (Å²) in [5, 5.41) is 0. The third kappa shape index (κ3) is 9.06. The van der Waals surface area contributed by atoms with Gasteiger partial charge in [0, 0.05) is 23.9 Å². The van der Waals surface area contributed by atoms with Gasteiger partial charge in [0.15, 0.2) is 5.78 Å². The Morgan fingerprint density at radius 2 is 1.41 bits per heavy atom. The molecule has 1 heterocycles. The topological polar surface area (TPSA) is 56.0 Å². The van der Waals surface area contributed by atoms with Crippen molar-refractivity contribution < 1.29 is 4.79 Å². The maximum atomic E-state index is 11.8. The summed E-state index contributed by atoms with van der Waals surface area (Å²) >= 11 is 8.72. The number of rotatable bonds is 4. The van der Waals surface area contributed by atoms with Crippen molar-refractivity contribution in [2.75, 3.05) is 6.54 Å². The monoisotopic (exact) mass is 394 g/mol. The van der Waals surface area contributed by atoms with Gasteiger partial charge in [-0.3, -0.25) is 9.78 Å². The SMILES string of the molecule is C=CCN.O=C(c1ccccc1)c1ccccc1.S=C(S)c1ccccn1. The van der Waals surface area contributed by atoms with E-state index in [-0.39, 0.29) is 5.78 Å². The highest BCUT2D eigenvalue weighted by Crippen LogP contribution is 2.08. The predicted molar refractivity (Wildman–Crippen MR) is 120 cm³/mol. The lowest BCUT2D eigenvalue weighted by molar-refractivity contribution is 0.103. The number of hydrogen-bond acceptors (Lipinski definition) is 4. The van der Waals surface area contributed by atoms with Gasteiger partial charge >= 0.3 is 0 Å². The summed E-state index contributed by atoms with van der Waals surface area (Å²) in [5.41, 5.74) is 7.14. The molecule has 0 saturated heterocycles. The van der Waals surface area contributed by atoms with Crippen LogP contribution in [0.15, 0.2) is 97.7 Å². The summed E-state index contributed by atoms with van der Waals surface area (Å²) in [6.07, 6.45) is 3.35. The van der Waals surface area contributed by atoms with Crippen LogP contribution in [0.1, 0.15) is 21.6 Å². The minimum atomic E-state index is 0.0752. The summed E-state index contributed by atoms with van der Waals surface area (Å²) in [6, 6.07) is 24.2. The Hall–Kier alpha value is -2.60. The predicted octanol–water partition coefficient (Wildman–Crippen LogP) is 4.74. The number of thiol groups is 1. The molecule has 3 rings (SSSR count). The van der Waals surface area contributed by atoms with Crippen molar-refractivity contribution in [2.45, 2.75) is 0 Å². The second-order valence-electron chi connectivity index (χ2n) is 5.11. The molecule has 0 bridgehead atoms. The molecule has 0 fully saturated rings. The average Bonchev–Trinajstić information content (AvgIpc) is 2.75. The molecule has 0 aliphatic heterocycles. The lowest BCUT2D eigenvalue weighted by Gasteiger charge is -1.99. The molecular formula is C22H22N2OS2. The van der Waals surface area contributed by atoms with E-state index in [9.17, 15) is 4.79 Å². The van der Waals surface area contributed by atoms with Crippen LogP contribution >= 0.6 is 24.8 Å². The van der Waals surface area contributed by atoms with E-state index in [2.05, 4.69) is 24.2 Å². The van der Waals surface area contributed by atoms with Crippen LogP contribution in [-0.4, -0.2) is 21.5 Å². The van der Waals surface area contributed by atoms with Gasteiger partial charge in [-0.15, -0.1) is 19.2 Å². The van der Waals surface area contributed by atoms with E-state index in [1.54, 1.807) is 12.3 Å². The maximum Gasteiger partial charge on any atom is 0.193 e. The standard InChI is InChI=1S/C13H10O.C6H5NS2.C3H7N/c14-13(11-7-3-1-4-8-11)12-9-5-2-6-10-12;8-6(9)5-3-1-2-4-7-5;1-2-3-4/h1-10H;1-4H,(H,8,9);2H,1,3-4H2. The van der Waals surface area contributed by atoms with Crippen LogP contribution in [0.5, 0.6) is 0 Å². The van der Waals surface area contributed by atoms with Gasteiger partial charge < -0.3 is 5.73 Å². The molecule has 0 atom stereocenters. The maximum absolute atomic E-state index is 11.8. The summed E-state index contributed by atoms with van der Waals surface area (Å²) in [4.78, 5) is 15.8. The Balaban J connectivity index is 0.000000241. The van der Waals surface area contributed by atoms with Gasteiger partial charge in [-0.25, -0.2) is 0 Å². The Labute approximate surface area is 171 Å². The molecule has 0 spiro atoms. The summed E-state index contributed by atoms with van der Waals surface area (Å²) < 4.78 is 0.538. The quantitative estimate of drug-likeness (QED) is 0.291. The normalized spacial score (nSPS) is 8.96. The van der Waals surface area contributed by atoms with E-state index in [4.69, 9.17) is 18.0 Å². The second-order valence-corrected chi connectivity index (χ2v) is 6.26. The molecule has 0 aliphatic carbocycles. The van der Waals surface area contributed by atoms with Gasteiger partial charge in [0.25, 0.3) is 0 Å². The Bertz CT molecular complexity index is 781. The molecule has 3 nitrogen and oxygen atoms in total. The zero-order valence-electron chi connectivity index (χ0n) is 14.9. The van der Waals surface area contributed by atoms with E-state index in [1.807, 2.05) is 78.9 Å². The van der Waals surface area contributed by atoms with Crippen molar-refractivity contribution in [1.82, 2.24) is 4.98 Å². The highest BCUT2D eigenvalue weighted by molar-refractivity contribution is 8.11. The van der Waals surface area contributed by atoms with Crippen molar-refractivity contribution in [2.24, 2.45) is 5.73 Å². The number of thiocarbonyl (C=S) groups is 1. The van der Waals surface area contributed by atoms with Gasteiger partial charge in [0.2, 0.25) is 0 Å².